The van der Waals surface area contributed by atoms with E-state index in [0.29, 0.717) is 23.5 Å². The summed E-state index contributed by atoms with van der Waals surface area (Å²) < 4.78 is 17.4. The number of rotatable bonds is 6. The summed E-state index contributed by atoms with van der Waals surface area (Å²) in [5.74, 6) is -0.840. The summed E-state index contributed by atoms with van der Waals surface area (Å²) in [6, 6.07) is 14.2. The second-order valence-corrected chi connectivity index (χ2v) is 10.7. The lowest BCUT2D eigenvalue weighted by atomic mass is 9.65. The molecule has 2 aliphatic rings. The second kappa shape index (κ2) is 9.77. The Morgan fingerprint density at radius 2 is 1.84 bits per heavy atom. The number of Topliss-reactive ketones (excluding diaryl/α,β-unsaturated/α-hetero) is 1. The molecule has 0 spiro atoms. The largest absolute Gasteiger partial charge is 0.380 e. The Bertz CT molecular complexity index is 1560. The average Bonchev–Trinajstić information content (AvgIpc) is 3.26. The highest BCUT2D eigenvalue weighted by molar-refractivity contribution is 6.40. The van der Waals surface area contributed by atoms with E-state index in [1.807, 2.05) is 0 Å². The van der Waals surface area contributed by atoms with Crippen molar-refractivity contribution in [2.24, 2.45) is 5.92 Å². The van der Waals surface area contributed by atoms with Gasteiger partial charge < -0.3 is 9.67 Å². The summed E-state index contributed by atoms with van der Waals surface area (Å²) in [5, 5.41) is 10.8. The third-order valence-corrected chi connectivity index (χ3v) is 8.47. The Balaban J connectivity index is 1.42. The number of nitrogens with zero attached hydrogens (tertiary/aromatic N) is 2. The van der Waals surface area contributed by atoms with Crippen LogP contribution < -0.4 is 0 Å². The van der Waals surface area contributed by atoms with Crippen molar-refractivity contribution in [3.05, 3.63) is 116 Å². The van der Waals surface area contributed by atoms with Crippen LogP contribution in [-0.4, -0.2) is 26.2 Å². The highest BCUT2D eigenvalue weighted by atomic mass is 35.5. The first-order chi connectivity index (χ1) is 18.3. The first-order valence-electron chi connectivity index (χ1n) is 12.5. The van der Waals surface area contributed by atoms with E-state index in [-0.39, 0.29) is 38.7 Å². The number of aliphatic hydroxyl groups is 1. The van der Waals surface area contributed by atoms with Gasteiger partial charge in [0.25, 0.3) is 0 Å². The van der Waals surface area contributed by atoms with Gasteiger partial charge in [0, 0.05) is 35.1 Å². The number of hydrogen-bond donors (Lipinski definition) is 1. The van der Waals surface area contributed by atoms with Crippen LogP contribution in [0.4, 0.5) is 4.39 Å². The maximum atomic E-state index is 15.6. The number of aliphatic hydroxyl groups excluding tert-OH is 1. The fraction of sp³-hybridized carbons (Fsp3) is 0.233. The zero-order chi connectivity index (χ0) is 26.6. The van der Waals surface area contributed by atoms with Crippen molar-refractivity contribution in [2.45, 2.75) is 37.7 Å². The molecule has 4 aromatic rings. The van der Waals surface area contributed by atoms with Crippen LogP contribution in [0.2, 0.25) is 10.2 Å². The molecule has 3 unspecified atom stereocenters. The average molecular weight is 549 g/mol. The van der Waals surface area contributed by atoms with E-state index >= 15 is 4.39 Å². The van der Waals surface area contributed by atoms with Gasteiger partial charge in [0.15, 0.2) is 11.6 Å². The van der Waals surface area contributed by atoms with Crippen molar-refractivity contribution in [2.75, 3.05) is 0 Å². The molecule has 38 heavy (non-hydrogen) atoms. The fourth-order valence-electron chi connectivity index (χ4n) is 5.78. The molecule has 1 saturated carbocycles. The molecule has 1 fully saturated rings. The number of aromatic nitrogens is 2. The van der Waals surface area contributed by atoms with Gasteiger partial charge in [0.1, 0.15) is 17.1 Å². The van der Waals surface area contributed by atoms with Crippen LogP contribution >= 0.6 is 23.2 Å². The lowest BCUT2D eigenvalue weighted by molar-refractivity contribution is 0.0747. The van der Waals surface area contributed by atoms with Gasteiger partial charge in [-0.3, -0.25) is 9.59 Å². The number of pyridine rings is 1. The molecule has 2 aliphatic carbocycles. The molecule has 192 valence electrons. The van der Waals surface area contributed by atoms with Crippen LogP contribution in [0.15, 0.2) is 67.0 Å². The summed E-state index contributed by atoms with van der Waals surface area (Å²) in [6.45, 7) is 0. The Kier molecular flexibility index (Phi) is 6.42. The molecule has 0 radical (unpaired) electrons. The van der Waals surface area contributed by atoms with Crippen molar-refractivity contribution < 1.29 is 19.1 Å². The summed E-state index contributed by atoms with van der Waals surface area (Å²) in [7, 11) is 0. The maximum Gasteiger partial charge on any atom is 0.199 e. The lowest BCUT2D eigenvalue weighted by Crippen LogP contribution is -2.31. The molecule has 0 amide bonds. The van der Waals surface area contributed by atoms with Crippen LogP contribution in [0, 0.1) is 11.7 Å². The Labute approximate surface area is 228 Å². The molecule has 8 heteroatoms. The maximum absolute atomic E-state index is 15.6. The molecule has 1 N–H and O–H groups in total. The molecule has 5 nitrogen and oxygen atoms in total. The number of benzene rings is 2. The summed E-state index contributed by atoms with van der Waals surface area (Å²) in [4.78, 5) is 30.6. The molecular weight excluding hydrogens is 526 g/mol. The Morgan fingerprint density at radius 1 is 1.05 bits per heavy atom. The van der Waals surface area contributed by atoms with Crippen molar-refractivity contribution in [3.63, 3.8) is 0 Å². The number of carbonyl (C=O) groups excluding carboxylic acids is 2. The zero-order valence-electron chi connectivity index (χ0n) is 20.2. The normalized spacial score (nSPS) is 18.7. The molecule has 0 aliphatic heterocycles. The Hall–Kier alpha value is -3.32. The number of carbonyl (C=O) groups is 2. The van der Waals surface area contributed by atoms with Gasteiger partial charge in [-0.05, 0) is 67.0 Å². The van der Waals surface area contributed by atoms with Crippen molar-refractivity contribution in [3.8, 4) is 5.69 Å². The third-order valence-electron chi connectivity index (χ3n) is 7.87. The van der Waals surface area contributed by atoms with Crippen molar-refractivity contribution in [1.82, 2.24) is 9.55 Å². The van der Waals surface area contributed by atoms with E-state index in [4.69, 9.17) is 23.2 Å². The van der Waals surface area contributed by atoms with E-state index in [0.717, 1.165) is 36.6 Å². The quantitative estimate of drug-likeness (QED) is 0.210. The van der Waals surface area contributed by atoms with Gasteiger partial charge in [-0.15, -0.1) is 0 Å². The van der Waals surface area contributed by atoms with Gasteiger partial charge in [-0.2, -0.15) is 0 Å². The highest BCUT2D eigenvalue weighted by Gasteiger charge is 2.41. The molecule has 2 aromatic carbocycles. The minimum atomic E-state index is -1.39. The lowest BCUT2D eigenvalue weighted by Gasteiger charge is -2.41. The SMILES string of the molecule is O=C(c1cn(-c2ccc(C(=O)C(O)c3ccccc3)cc2F)c2c1CCC1CCC21)c1c(Cl)ccnc1Cl. The van der Waals surface area contributed by atoms with Crippen molar-refractivity contribution >= 4 is 34.8 Å². The number of ketones is 2. The van der Waals surface area contributed by atoms with Crippen LogP contribution in [0.1, 0.15) is 74.4 Å². The van der Waals surface area contributed by atoms with E-state index in [1.165, 1.54) is 24.4 Å². The summed E-state index contributed by atoms with van der Waals surface area (Å²) in [6.07, 6.45) is 5.43. The molecule has 2 aromatic heterocycles. The van der Waals surface area contributed by atoms with Gasteiger partial charge in [0.2, 0.25) is 0 Å². The topological polar surface area (TPSA) is 72.2 Å². The van der Waals surface area contributed by atoms with Crippen LogP contribution in [0.25, 0.3) is 5.69 Å². The van der Waals surface area contributed by atoms with E-state index < -0.39 is 17.7 Å². The first kappa shape index (κ1) is 25.0. The summed E-state index contributed by atoms with van der Waals surface area (Å²) in [5.41, 5.74) is 3.11. The monoisotopic (exact) mass is 548 g/mol. The van der Waals surface area contributed by atoms with Crippen LogP contribution in [-0.2, 0) is 6.42 Å². The van der Waals surface area contributed by atoms with Gasteiger partial charge in [0.05, 0.1) is 16.3 Å². The zero-order valence-corrected chi connectivity index (χ0v) is 21.7. The molecule has 3 atom stereocenters. The predicted molar refractivity (Wildman–Crippen MR) is 143 cm³/mol. The summed E-state index contributed by atoms with van der Waals surface area (Å²) >= 11 is 12.6. The molecule has 0 bridgehead atoms. The minimum absolute atomic E-state index is 0.0207. The van der Waals surface area contributed by atoms with Crippen LogP contribution in [0.5, 0.6) is 0 Å². The van der Waals surface area contributed by atoms with Crippen molar-refractivity contribution in [1.29, 1.82) is 0 Å². The fourth-order valence-corrected chi connectivity index (χ4v) is 6.30. The third kappa shape index (κ3) is 4.08. The first-order valence-corrected chi connectivity index (χ1v) is 13.3. The highest BCUT2D eigenvalue weighted by Crippen LogP contribution is 2.51. The smallest absolute Gasteiger partial charge is 0.199 e. The predicted octanol–water partition coefficient (Wildman–Crippen LogP) is 6.91. The van der Waals surface area contributed by atoms with E-state index in [1.54, 1.807) is 41.1 Å². The van der Waals surface area contributed by atoms with Gasteiger partial charge in [-0.1, -0.05) is 53.5 Å². The standard InChI is InChI=1S/C30H23Cl2FN2O3/c31-22-12-13-34-30(32)25(22)29(38)21-15-35(26-19-9-6-16(19)7-10-20(21)26)24-11-8-18(14-23(24)33)28(37)27(36)17-4-2-1-3-5-17/h1-5,8,11-16,19,27,36H,6-7,9-10H2. The molecule has 6 rings (SSSR count). The molecule has 0 saturated heterocycles. The number of fused-ring (bicyclic) bond motifs is 3. The van der Waals surface area contributed by atoms with E-state index in [9.17, 15) is 14.7 Å². The van der Waals surface area contributed by atoms with E-state index in [2.05, 4.69) is 4.98 Å². The Morgan fingerprint density at radius 3 is 2.53 bits per heavy atom. The second-order valence-electron chi connectivity index (χ2n) is 9.89. The number of halogens is 3. The molecular formula is C30H23Cl2FN2O3. The molecule has 2 heterocycles. The van der Waals surface area contributed by atoms with Gasteiger partial charge >= 0.3 is 0 Å². The minimum Gasteiger partial charge on any atom is -0.380 e. The van der Waals surface area contributed by atoms with Gasteiger partial charge in [-0.25, -0.2) is 9.37 Å². The van der Waals surface area contributed by atoms with Crippen LogP contribution in [0.3, 0.4) is 0 Å². The number of hydrogen-bond acceptors (Lipinski definition) is 4.